The lowest BCUT2D eigenvalue weighted by Crippen LogP contribution is -2.55. The van der Waals surface area contributed by atoms with Crippen LogP contribution in [0.5, 0.6) is 0 Å². The minimum atomic E-state index is -0.880. The van der Waals surface area contributed by atoms with Gasteiger partial charge in [0.1, 0.15) is 5.54 Å². The normalized spacial score (nSPS) is 20.9. The third-order valence-corrected chi connectivity index (χ3v) is 3.91. The molecule has 7 nitrogen and oxygen atoms in total. The largest absolute Gasteiger partial charge is 0.440 e. The Morgan fingerprint density at radius 1 is 1.30 bits per heavy atom. The average molecular weight is 298 g/mol. The smallest absolute Gasteiger partial charge is 0.322 e. The highest BCUT2D eigenvalue weighted by molar-refractivity contribution is 6.29. The number of furan rings is 1. The van der Waals surface area contributed by atoms with E-state index in [1.54, 1.807) is 4.90 Å². The second-order valence-electron chi connectivity index (χ2n) is 4.89. The lowest BCUT2D eigenvalue weighted by molar-refractivity contribution is -0.125. The fraction of sp³-hybridized carbons (Fsp3) is 0.417. The Kier molecular flexibility index (Phi) is 2.93. The number of hydrogen-bond acceptors (Lipinski definition) is 4. The average Bonchev–Trinajstić information content (AvgIpc) is 2.95. The van der Waals surface area contributed by atoms with E-state index in [9.17, 15) is 14.4 Å². The van der Waals surface area contributed by atoms with Crippen LogP contribution in [0.3, 0.4) is 0 Å². The highest BCUT2D eigenvalue weighted by atomic mass is 35.5. The van der Waals surface area contributed by atoms with Gasteiger partial charge in [-0.2, -0.15) is 0 Å². The Balaban J connectivity index is 1.68. The first-order chi connectivity index (χ1) is 9.50. The molecule has 2 saturated heterocycles. The molecule has 106 valence electrons. The highest BCUT2D eigenvalue weighted by Crippen LogP contribution is 2.26. The summed E-state index contributed by atoms with van der Waals surface area (Å²) < 4.78 is 5.08. The molecule has 0 atom stereocenters. The van der Waals surface area contributed by atoms with Crippen LogP contribution in [0.15, 0.2) is 16.5 Å². The van der Waals surface area contributed by atoms with Crippen molar-refractivity contribution in [2.75, 3.05) is 13.1 Å². The maximum atomic E-state index is 12.1. The monoisotopic (exact) mass is 297 g/mol. The number of likely N-dealkylation sites (tertiary alicyclic amines) is 1. The van der Waals surface area contributed by atoms with Crippen molar-refractivity contribution in [3.05, 3.63) is 23.1 Å². The van der Waals surface area contributed by atoms with Crippen LogP contribution >= 0.6 is 11.6 Å². The molecule has 1 spiro atoms. The Labute approximate surface area is 119 Å². The standard InChI is InChI=1S/C12H12ClN3O4/c13-8-2-1-7(20-8)9(17)16-5-3-12(4-6-16)10(18)14-11(19)15-12/h1-2H,3-6H2,(H2,14,15,18,19). The summed E-state index contributed by atoms with van der Waals surface area (Å²) in [6.07, 6.45) is 0.759. The highest BCUT2D eigenvalue weighted by Gasteiger charge is 2.48. The molecule has 20 heavy (non-hydrogen) atoms. The third kappa shape index (κ3) is 2.03. The molecule has 0 radical (unpaired) electrons. The van der Waals surface area contributed by atoms with E-state index in [2.05, 4.69) is 10.6 Å². The predicted molar refractivity (Wildman–Crippen MR) is 68.3 cm³/mol. The molecule has 1 aromatic heterocycles. The Morgan fingerprint density at radius 2 is 2.00 bits per heavy atom. The zero-order chi connectivity index (χ0) is 14.3. The van der Waals surface area contributed by atoms with Gasteiger partial charge in [-0.1, -0.05) is 0 Å². The van der Waals surface area contributed by atoms with Crippen molar-refractivity contribution in [3.8, 4) is 0 Å². The van der Waals surface area contributed by atoms with Crippen molar-refractivity contribution in [2.45, 2.75) is 18.4 Å². The summed E-state index contributed by atoms with van der Waals surface area (Å²) in [6, 6.07) is 2.54. The second kappa shape index (κ2) is 4.52. The molecule has 0 aliphatic carbocycles. The van der Waals surface area contributed by atoms with Gasteiger partial charge in [0.25, 0.3) is 11.8 Å². The maximum Gasteiger partial charge on any atom is 0.322 e. The quantitative estimate of drug-likeness (QED) is 0.748. The maximum absolute atomic E-state index is 12.1. The molecule has 0 unspecified atom stereocenters. The van der Waals surface area contributed by atoms with Gasteiger partial charge in [-0.3, -0.25) is 14.9 Å². The predicted octanol–water partition coefficient (Wildman–Crippen LogP) is 0.747. The molecule has 1 aromatic rings. The van der Waals surface area contributed by atoms with Crippen molar-refractivity contribution in [2.24, 2.45) is 0 Å². The number of amides is 4. The summed E-state index contributed by atoms with van der Waals surface area (Å²) in [5, 5.41) is 5.02. The fourth-order valence-corrected chi connectivity index (χ4v) is 2.70. The van der Waals surface area contributed by atoms with Crippen molar-refractivity contribution in [1.29, 1.82) is 0 Å². The number of urea groups is 1. The van der Waals surface area contributed by atoms with Gasteiger partial charge in [0, 0.05) is 13.1 Å². The fourth-order valence-electron chi connectivity index (χ4n) is 2.56. The first-order valence-corrected chi connectivity index (χ1v) is 6.56. The van der Waals surface area contributed by atoms with E-state index in [1.807, 2.05) is 0 Å². The van der Waals surface area contributed by atoms with Crippen molar-refractivity contribution < 1.29 is 18.8 Å². The Hall–Kier alpha value is -2.02. The van der Waals surface area contributed by atoms with Crippen molar-refractivity contribution >= 4 is 29.4 Å². The van der Waals surface area contributed by atoms with Crippen LogP contribution < -0.4 is 10.6 Å². The number of imide groups is 1. The van der Waals surface area contributed by atoms with Crippen LogP contribution in [0.1, 0.15) is 23.4 Å². The van der Waals surface area contributed by atoms with Crippen LogP contribution in [0.4, 0.5) is 4.79 Å². The number of piperidine rings is 1. The summed E-state index contributed by atoms with van der Waals surface area (Å²) in [7, 11) is 0. The first-order valence-electron chi connectivity index (χ1n) is 6.18. The number of nitrogens with one attached hydrogen (secondary N) is 2. The number of nitrogens with zero attached hydrogens (tertiary/aromatic N) is 1. The molecular weight excluding hydrogens is 286 g/mol. The lowest BCUT2D eigenvalue weighted by Gasteiger charge is -2.36. The SMILES string of the molecule is O=C1NC(=O)C2(CCN(C(=O)c3ccc(Cl)o3)CC2)N1. The molecule has 3 heterocycles. The number of halogens is 1. The van der Waals surface area contributed by atoms with Crippen LogP contribution in [0.2, 0.25) is 5.22 Å². The Morgan fingerprint density at radius 3 is 2.50 bits per heavy atom. The molecule has 0 aromatic carbocycles. The van der Waals surface area contributed by atoms with Crippen LogP contribution in [-0.4, -0.2) is 41.4 Å². The molecule has 2 aliphatic rings. The molecule has 8 heteroatoms. The van der Waals surface area contributed by atoms with Gasteiger partial charge in [0.05, 0.1) is 0 Å². The number of hydrogen-bond donors (Lipinski definition) is 2. The van der Waals surface area contributed by atoms with Crippen LogP contribution in [0.25, 0.3) is 0 Å². The zero-order valence-corrected chi connectivity index (χ0v) is 11.2. The van der Waals surface area contributed by atoms with Gasteiger partial charge >= 0.3 is 6.03 Å². The van der Waals surface area contributed by atoms with E-state index in [0.717, 1.165) is 0 Å². The summed E-state index contributed by atoms with van der Waals surface area (Å²) >= 11 is 5.64. The van der Waals surface area contributed by atoms with Gasteiger partial charge in [-0.15, -0.1) is 0 Å². The number of carbonyl (C=O) groups is 3. The molecule has 0 saturated carbocycles. The summed E-state index contributed by atoms with van der Waals surface area (Å²) in [6.45, 7) is 0.732. The molecular formula is C12H12ClN3O4. The van der Waals surface area contributed by atoms with E-state index >= 15 is 0 Å². The van der Waals surface area contributed by atoms with E-state index in [0.29, 0.717) is 25.9 Å². The summed E-state index contributed by atoms with van der Waals surface area (Å²) in [5.41, 5.74) is -0.880. The minimum absolute atomic E-state index is 0.157. The molecule has 0 bridgehead atoms. The third-order valence-electron chi connectivity index (χ3n) is 3.70. The molecule has 3 rings (SSSR count). The van der Waals surface area contributed by atoms with Crippen molar-refractivity contribution in [3.63, 3.8) is 0 Å². The van der Waals surface area contributed by atoms with Gasteiger partial charge < -0.3 is 14.6 Å². The zero-order valence-electron chi connectivity index (χ0n) is 10.4. The van der Waals surface area contributed by atoms with Gasteiger partial charge in [-0.05, 0) is 36.6 Å². The van der Waals surface area contributed by atoms with E-state index in [-0.39, 0.29) is 22.8 Å². The topological polar surface area (TPSA) is 91.7 Å². The van der Waals surface area contributed by atoms with Crippen LogP contribution in [-0.2, 0) is 4.79 Å². The van der Waals surface area contributed by atoms with Crippen LogP contribution in [0, 0.1) is 0 Å². The molecule has 2 N–H and O–H groups in total. The number of carbonyl (C=O) groups excluding carboxylic acids is 3. The summed E-state index contributed by atoms with van der Waals surface area (Å²) in [4.78, 5) is 36.7. The van der Waals surface area contributed by atoms with E-state index in [4.69, 9.17) is 16.0 Å². The molecule has 4 amide bonds. The van der Waals surface area contributed by atoms with Gasteiger partial charge in [0.15, 0.2) is 11.0 Å². The van der Waals surface area contributed by atoms with Crippen molar-refractivity contribution in [1.82, 2.24) is 15.5 Å². The van der Waals surface area contributed by atoms with Gasteiger partial charge in [0.2, 0.25) is 0 Å². The molecule has 2 aliphatic heterocycles. The summed E-state index contributed by atoms with van der Waals surface area (Å²) in [5.74, 6) is -0.419. The number of rotatable bonds is 1. The second-order valence-corrected chi connectivity index (χ2v) is 5.26. The van der Waals surface area contributed by atoms with Gasteiger partial charge in [-0.25, -0.2) is 4.79 Å². The van der Waals surface area contributed by atoms with E-state index < -0.39 is 11.6 Å². The first kappa shape index (κ1) is 13.0. The lowest BCUT2D eigenvalue weighted by atomic mass is 9.87. The Bertz CT molecular complexity index is 589. The molecule has 2 fully saturated rings. The van der Waals surface area contributed by atoms with E-state index in [1.165, 1.54) is 12.1 Å². The minimum Gasteiger partial charge on any atom is -0.440 e.